The Labute approximate surface area is 99.8 Å². The number of carboxylic acid groups (broad SMARTS) is 1. The molecule has 4 N–H and O–H groups in total. The number of anilines is 1. The van der Waals surface area contributed by atoms with E-state index >= 15 is 0 Å². The van der Waals surface area contributed by atoms with Crippen LogP contribution >= 0.6 is 0 Å². The minimum Gasteiger partial charge on any atom is -0.481 e. The van der Waals surface area contributed by atoms with E-state index in [0.29, 0.717) is 0 Å². The summed E-state index contributed by atoms with van der Waals surface area (Å²) in [6.45, 7) is 1.92. The van der Waals surface area contributed by atoms with E-state index in [1.807, 2.05) is 0 Å². The molecule has 0 aliphatic rings. The Balaban J connectivity index is 3.21. The van der Waals surface area contributed by atoms with Crippen molar-refractivity contribution < 1.29 is 28.2 Å². The summed E-state index contributed by atoms with van der Waals surface area (Å²) in [5.41, 5.74) is 5.14. The summed E-state index contributed by atoms with van der Waals surface area (Å²) >= 11 is 0. The van der Waals surface area contributed by atoms with Gasteiger partial charge in [0.1, 0.15) is 11.7 Å². The minimum absolute atomic E-state index is 0.201. The molecule has 1 heterocycles. The number of carboxylic acids is 1. The van der Waals surface area contributed by atoms with Crippen molar-refractivity contribution in [3.05, 3.63) is 11.8 Å². The van der Waals surface area contributed by atoms with E-state index in [0.717, 1.165) is 10.9 Å². The van der Waals surface area contributed by atoms with Crippen molar-refractivity contribution in [1.82, 2.24) is 9.78 Å². The van der Waals surface area contributed by atoms with E-state index in [9.17, 15) is 18.0 Å². The first-order valence-corrected chi connectivity index (χ1v) is 4.98. The Kier molecular flexibility index (Phi) is 3.85. The molecule has 102 valence electrons. The number of alkyl halides is 3. The average Bonchev–Trinajstić information content (AvgIpc) is 2.59. The Bertz CT molecular complexity index is 444. The number of halogens is 3. The van der Waals surface area contributed by atoms with E-state index in [4.69, 9.17) is 15.9 Å². The smallest absolute Gasteiger partial charge is 0.415 e. The predicted molar refractivity (Wildman–Crippen MR) is 54.8 cm³/mol. The number of nitrogens with zero attached hydrogens (tertiary/aromatic N) is 2. The van der Waals surface area contributed by atoms with Crippen LogP contribution in [-0.2, 0) is 11.3 Å². The summed E-state index contributed by atoms with van der Waals surface area (Å²) < 4.78 is 38.3. The second kappa shape index (κ2) is 4.84. The van der Waals surface area contributed by atoms with Gasteiger partial charge in [0.05, 0.1) is 6.20 Å². The molecular weight excluding hydrogens is 255 g/mol. The topological polar surface area (TPSA) is 101 Å². The van der Waals surface area contributed by atoms with E-state index < -0.39 is 24.2 Å². The molecule has 0 aliphatic carbocycles. The van der Waals surface area contributed by atoms with E-state index in [1.54, 1.807) is 6.92 Å². The SMILES string of the molecule is CCn1ncc(C(C(=O)O)C(O)C(F)(F)F)c1N. The van der Waals surface area contributed by atoms with Crippen molar-refractivity contribution in [1.29, 1.82) is 0 Å². The molecule has 1 rings (SSSR count). The molecule has 0 bridgehead atoms. The van der Waals surface area contributed by atoms with E-state index in [-0.39, 0.29) is 17.9 Å². The maximum atomic E-state index is 12.4. The predicted octanol–water partition coefficient (Wildman–Crippen LogP) is 0.577. The first kappa shape index (κ1) is 14.3. The molecule has 9 heteroatoms. The van der Waals surface area contributed by atoms with Crippen molar-refractivity contribution in [3.8, 4) is 0 Å². The third-order valence-corrected chi connectivity index (χ3v) is 2.46. The Hall–Kier alpha value is -1.77. The highest BCUT2D eigenvalue weighted by Crippen LogP contribution is 2.34. The minimum atomic E-state index is -5.05. The second-order valence-corrected chi connectivity index (χ2v) is 3.60. The van der Waals surface area contributed by atoms with Crippen LogP contribution in [0.25, 0.3) is 0 Å². The number of aliphatic hydroxyl groups is 1. The number of hydrogen-bond donors (Lipinski definition) is 3. The van der Waals surface area contributed by atoms with Crippen LogP contribution in [-0.4, -0.2) is 38.2 Å². The van der Waals surface area contributed by atoms with E-state index in [1.165, 1.54) is 0 Å². The number of nitrogen functional groups attached to an aromatic ring is 1. The van der Waals surface area contributed by atoms with Crippen LogP contribution in [0.4, 0.5) is 19.0 Å². The van der Waals surface area contributed by atoms with Crippen molar-refractivity contribution in [2.24, 2.45) is 0 Å². The van der Waals surface area contributed by atoms with Gasteiger partial charge in [0.2, 0.25) is 0 Å². The van der Waals surface area contributed by atoms with Gasteiger partial charge in [0.25, 0.3) is 0 Å². The maximum Gasteiger partial charge on any atom is 0.415 e. The lowest BCUT2D eigenvalue weighted by Gasteiger charge is -2.21. The molecule has 6 nitrogen and oxygen atoms in total. The van der Waals surface area contributed by atoms with Gasteiger partial charge in [-0.25, -0.2) is 0 Å². The fourth-order valence-electron chi connectivity index (χ4n) is 1.53. The Morgan fingerprint density at radius 3 is 2.50 bits per heavy atom. The maximum absolute atomic E-state index is 12.4. The van der Waals surface area contributed by atoms with Gasteiger partial charge < -0.3 is 15.9 Å². The van der Waals surface area contributed by atoms with Gasteiger partial charge in [-0.2, -0.15) is 18.3 Å². The average molecular weight is 267 g/mol. The molecule has 1 aromatic heterocycles. The zero-order chi connectivity index (χ0) is 14.1. The van der Waals surface area contributed by atoms with Crippen molar-refractivity contribution >= 4 is 11.8 Å². The van der Waals surface area contributed by atoms with E-state index in [2.05, 4.69) is 5.10 Å². The second-order valence-electron chi connectivity index (χ2n) is 3.60. The highest BCUT2D eigenvalue weighted by atomic mass is 19.4. The van der Waals surface area contributed by atoms with Crippen LogP contribution in [0.3, 0.4) is 0 Å². The quantitative estimate of drug-likeness (QED) is 0.740. The molecule has 0 saturated heterocycles. The number of aromatic nitrogens is 2. The van der Waals surface area contributed by atoms with Gasteiger partial charge >= 0.3 is 12.1 Å². The first-order chi connectivity index (χ1) is 8.20. The zero-order valence-electron chi connectivity index (χ0n) is 9.35. The molecule has 0 spiro atoms. The van der Waals surface area contributed by atoms with Crippen LogP contribution in [0.15, 0.2) is 6.20 Å². The number of aryl methyl sites for hydroxylation is 1. The van der Waals surface area contributed by atoms with Crippen molar-refractivity contribution in [2.45, 2.75) is 31.7 Å². The number of hydrogen-bond acceptors (Lipinski definition) is 4. The molecular formula is C9H12F3N3O3. The molecule has 2 unspecified atom stereocenters. The van der Waals surface area contributed by atoms with Gasteiger partial charge in [0, 0.05) is 12.1 Å². The zero-order valence-corrected chi connectivity index (χ0v) is 9.35. The summed E-state index contributed by atoms with van der Waals surface area (Å²) in [5, 5.41) is 21.5. The molecule has 18 heavy (non-hydrogen) atoms. The summed E-state index contributed by atoms with van der Waals surface area (Å²) in [6.07, 6.45) is -7.16. The Morgan fingerprint density at radius 1 is 1.61 bits per heavy atom. The normalized spacial score (nSPS) is 15.4. The number of rotatable bonds is 4. The van der Waals surface area contributed by atoms with Gasteiger partial charge in [-0.05, 0) is 6.92 Å². The molecule has 0 fully saturated rings. The summed E-state index contributed by atoms with van der Waals surface area (Å²) in [5.74, 6) is -4.21. The highest BCUT2D eigenvalue weighted by molar-refractivity contribution is 5.78. The number of nitrogens with two attached hydrogens (primary N) is 1. The van der Waals surface area contributed by atoms with Gasteiger partial charge in [-0.15, -0.1) is 0 Å². The first-order valence-electron chi connectivity index (χ1n) is 4.98. The van der Waals surface area contributed by atoms with Crippen molar-refractivity contribution in [3.63, 3.8) is 0 Å². The lowest BCUT2D eigenvalue weighted by Crippen LogP contribution is -2.38. The third-order valence-electron chi connectivity index (χ3n) is 2.46. The molecule has 0 amide bonds. The Morgan fingerprint density at radius 2 is 2.17 bits per heavy atom. The molecule has 0 aliphatic heterocycles. The standard InChI is InChI=1S/C9H12F3N3O3/c1-2-15-7(13)4(3-14-15)5(8(17)18)6(16)9(10,11)12/h3,5-6,16H,2,13H2,1H3,(H,17,18). The van der Waals surface area contributed by atoms with Crippen LogP contribution in [0.2, 0.25) is 0 Å². The number of aliphatic carboxylic acids is 1. The lowest BCUT2D eigenvalue weighted by atomic mass is 9.95. The monoisotopic (exact) mass is 267 g/mol. The molecule has 0 saturated carbocycles. The van der Waals surface area contributed by atoms with Crippen LogP contribution < -0.4 is 5.73 Å². The van der Waals surface area contributed by atoms with Crippen LogP contribution in [0, 0.1) is 0 Å². The lowest BCUT2D eigenvalue weighted by molar-refractivity contribution is -0.214. The fraction of sp³-hybridized carbons (Fsp3) is 0.556. The van der Waals surface area contributed by atoms with Crippen LogP contribution in [0.5, 0.6) is 0 Å². The third kappa shape index (κ3) is 2.55. The van der Waals surface area contributed by atoms with Crippen molar-refractivity contribution in [2.75, 3.05) is 5.73 Å². The molecule has 0 radical (unpaired) electrons. The highest BCUT2D eigenvalue weighted by Gasteiger charge is 2.48. The number of carbonyl (C=O) groups is 1. The largest absolute Gasteiger partial charge is 0.481 e. The van der Waals surface area contributed by atoms with Gasteiger partial charge in [-0.3, -0.25) is 9.48 Å². The summed E-state index contributed by atoms with van der Waals surface area (Å²) in [7, 11) is 0. The number of aliphatic hydroxyl groups excluding tert-OH is 1. The van der Waals surface area contributed by atoms with Gasteiger partial charge in [0.15, 0.2) is 6.10 Å². The molecule has 1 aromatic rings. The van der Waals surface area contributed by atoms with Crippen LogP contribution in [0.1, 0.15) is 18.4 Å². The fourth-order valence-corrected chi connectivity index (χ4v) is 1.53. The summed E-state index contributed by atoms with van der Waals surface area (Å²) in [4.78, 5) is 10.9. The molecule has 0 aromatic carbocycles. The summed E-state index contributed by atoms with van der Waals surface area (Å²) in [6, 6.07) is 0. The molecule has 2 atom stereocenters. The van der Waals surface area contributed by atoms with Gasteiger partial charge in [-0.1, -0.05) is 0 Å².